The molecule has 0 saturated carbocycles. The summed E-state index contributed by atoms with van der Waals surface area (Å²) >= 11 is 0. The van der Waals surface area contributed by atoms with Crippen LogP contribution in [0.5, 0.6) is 11.5 Å². The van der Waals surface area contributed by atoms with Crippen LogP contribution >= 0.6 is 0 Å². The van der Waals surface area contributed by atoms with Gasteiger partial charge in [-0.1, -0.05) is 18.2 Å². The third kappa shape index (κ3) is 5.25. The second kappa shape index (κ2) is 11.1. The van der Waals surface area contributed by atoms with Gasteiger partial charge >= 0.3 is 11.9 Å². The third-order valence-corrected chi connectivity index (χ3v) is 6.32. The van der Waals surface area contributed by atoms with Gasteiger partial charge in [0.2, 0.25) is 0 Å². The SMILES string of the molecule is COC(=O)C1CCN(C(=O)COC(=O)c2cc(-c3ccc(OC)c(OC)c3)nc3ccccc23)CC1. The van der Waals surface area contributed by atoms with Crippen LogP contribution < -0.4 is 9.47 Å². The molecule has 3 aromatic rings. The predicted molar refractivity (Wildman–Crippen MR) is 132 cm³/mol. The maximum atomic E-state index is 13.1. The highest BCUT2D eigenvalue weighted by atomic mass is 16.5. The number of methoxy groups -OCH3 is 3. The Morgan fingerprint density at radius 3 is 2.36 bits per heavy atom. The molecule has 0 atom stereocenters. The van der Waals surface area contributed by atoms with Crippen molar-refractivity contribution in [3.63, 3.8) is 0 Å². The highest BCUT2D eigenvalue weighted by molar-refractivity contribution is 6.05. The Bertz CT molecular complexity index is 1280. The molecule has 1 amide bonds. The van der Waals surface area contributed by atoms with E-state index in [1.165, 1.54) is 7.11 Å². The lowest BCUT2D eigenvalue weighted by atomic mass is 9.97. The molecule has 0 spiro atoms. The van der Waals surface area contributed by atoms with Crippen LogP contribution in [-0.4, -0.2) is 68.8 Å². The molecule has 0 N–H and O–H groups in total. The van der Waals surface area contributed by atoms with Crippen molar-refractivity contribution in [3.05, 3.63) is 54.1 Å². The number of pyridine rings is 1. The number of nitrogens with zero attached hydrogens (tertiary/aromatic N) is 2. The molecule has 0 aliphatic carbocycles. The second-order valence-corrected chi connectivity index (χ2v) is 8.40. The average Bonchev–Trinajstić information content (AvgIpc) is 2.94. The minimum atomic E-state index is -0.617. The number of carbonyl (C=O) groups is 3. The highest BCUT2D eigenvalue weighted by Crippen LogP contribution is 2.33. The van der Waals surface area contributed by atoms with E-state index < -0.39 is 5.97 Å². The van der Waals surface area contributed by atoms with Crippen LogP contribution in [0.2, 0.25) is 0 Å². The zero-order chi connectivity index (χ0) is 25.7. The lowest BCUT2D eigenvalue weighted by molar-refractivity contribution is -0.149. The summed E-state index contributed by atoms with van der Waals surface area (Å²) in [6.07, 6.45) is 1.05. The average molecular weight is 493 g/mol. The van der Waals surface area contributed by atoms with Crippen LogP contribution in [0.25, 0.3) is 22.2 Å². The first kappa shape index (κ1) is 25.0. The number of ether oxygens (including phenoxy) is 4. The van der Waals surface area contributed by atoms with E-state index in [1.54, 1.807) is 43.4 Å². The van der Waals surface area contributed by atoms with Crippen molar-refractivity contribution in [2.75, 3.05) is 41.0 Å². The van der Waals surface area contributed by atoms with Crippen LogP contribution in [0.15, 0.2) is 48.5 Å². The minimum absolute atomic E-state index is 0.209. The number of likely N-dealkylation sites (tertiary alicyclic amines) is 1. The lowest BCUT2D eigenvalue weighted by Crippen LogP contribution is -2.42. The fourth-order valence-electron chi connectivity index (χ4n) is 4.32. The standard InChI is InChI=1S/C27H28N2O7/c1-33-23-9-8-18(14-24(23)34-2)22-15-20(19-6-4-5-7-21(19)28-22)27(32)36-16-25(30)29-12-10-17(11-13-29)26(31)35-3/h4-9,14-15,17H,10-13,16H2,1-3H3. The van der Waals surface area contributed by atoms with E-state index in [4.69, 9.17) is 23.9 Å². The quantitative estimate of drug-likeness (QED) is 0.462. The molecule has 1 aliphatic rings. The van der Waals surface area contributed by atoms with Gasteiger partial charge in [0.05, 0.1) is 44.0 Å². The molecule has 2 aromatic carbocycles. The van der Waals surface area contributed by atoms with Gasteiger partial charge in [-0.15, -0.1) is 0 Å². The number of para-hydroxylation sites is 1. The molecule has 2 heterocycles. The monoisotopic (exact) mass is 492 g/mol. The number of carbonyl (C=O) groups excluding carboxylic acids is 3. The minimum Gasteiger partial charge on any atom is -0.493 e. The maximum Gasteiger partial charge on any atom is 0.339 e. The van der Waals surface area contributed by atoms with Gasteiger partial charge in [-0.05, 0) is 43.2 Å². The number of esters is 2. The summed E-state index contributed by atoms with van der Waals surface area (Å²) in [5, 5.41) is 0.623. The zero-order valence-corrected chi connectivity index (χ0v) is 20.5. The van der Waals surface area contributed by atoms with Crippen molar-refractivity contribution in [1.82, 2.24) is 9.88 Å². The van der Waals surface area contributed by atoms with Crippen molar-refractivity contribution in [1.29, 1.82) is 0 Å². The molecule has 0 bridgehead atoms. The Hall–Kier alpha value is -4.14. The van der Waals surface area contributed by atoms with Crippen LogP contribution in [0.3, 0.4) is 0 Å². The topological polar surface area (TPSA) is 104 Å². The summed E-state index contributed by atoms with van der Waals surface area (Å²) in [6.45, 7) is 0.444. The van der Waals surface area contributed by atoms with Crippen LogP contribution in [0, 0.1) is 5.92 Å². The normalized spacial score (nSPS) is 13.8. The predicted octanol–water partition coefficient (Wildman–Crippen LogP) is 3.49. The van der Waals surface area contributed by atoms with Crippen LogP contribution in [-0.2, 0) is 19.1 Å². The van der Waals surface area contributed by atoms with Crippen molar-refractivity contribution in [2.45, 2.75) is 12.8 Å². The molecular weight excluding hydrogens is 464 g/mol. The summed E-state index contributed by atoms with van der Waals surface area (Å²) in [5.41, 5.74) is 2.21. The largest absolute Gasteiger partial charge is 0.493 e. The Kier molecular flexibility index (Phi) is 7.68. The number of hydrogen-bond donors (Lipinski definition) is 0. The molecule has 4 rings (SSSR count). The Balaban J connectivity index is 1.52. The first-order valence-corrected chi connectivity index (χ1v) is 11.6. The smallest absolute Gasteiger partial charge is 0.339 e. The van der Waals surface area contributed by atoms with Gasteiger partial charge in [0, 0.05) is 24.0 Å². The fraction of sp³-hybridized carbons (Fsp3) is 0.333. The first-order valence-electron chi connectivity index (χ1n) is 11.6. The van der Waals surface area contributed by atoms with Gasteiger partial charge in [-0.3, -0.25) is 9.59 Å². The van der Waals surface area contributed by atoms with E-state index in [0.717, 1.165) is 5.56 Å². The second-order valence-electron chi connectivity index (χ2n) is 8.40. The number of hydrogen-bond acceptors (Lipinski definition) is 8. The van der Waals surface area contributed by atoms with Gasteiger partial charge < -0.3 is 23.8 Å². The van der Waals surface area contributed by atoms with Crippen molar-refractivity contribution < 1.29 is 33.3 Å². The molecule has 0 unspecified atom stereocenters. The molecule has 9 nitrogen and oxygen atoms in total. The molecule has 1 fully saturated rings. The summed E-state index contributed by atoms with van der Waals surface area (Å²) in [5.74, 6) is -0.270. The van der Waals surface area contributed by atoms with Gasteiger partial charge in [-0.25, -0.2) is 9.78 Å². The van der Waals surface area contributed by atoms with E-state index in [0.29, 0.717) is 59.6 Å². The number of benzene rings is 2. The van der Waals surface area contributed by atoms with Crippen molar-refractivity contribution >= 4 is 28.7 Å². The van der Waals surface area contributed by atoms with Crippen LogP contribution in [0.4, 0.5) is 0 Å². The van der Waals surface area contributed by atoms with E-state index >= 15 is 0 Å². The van der Waals surface area contributed by atoms with E-state index in [-0.39, 0.29) is 24.4 Å². The molecule has 188 valence electrons. The summed E-state index contributed by atoms with van der Waals surface area (Å²) in [7, 11) is 4.47. The van der Waals surface area contributed by atoms with E-state index in [1.807, 2.05) is 24.3 Å². The highest BCUT2D eigenvalue weighted by Gasteiger charge is 2.28. The number of piperidine rings is 1. The van der Waals surface area contributed by atoms with Crippen molar-refractivity contribution in [3.8, 4) is 22.8 Å². The Morgan fingerprint density at radius 2 is 1.67 bits per heavy atom. The van der Waals surface area contributed by atoms with E-state index in [2.05, 4.69) is 0 Å². The molecule has 1 aliphatic heterocycles. The summed E-state index contributed by atoms with van der Waals surface area (Å²) in [4.78, 5) is 43.8. The van der Waals surface area contributed by atoms with Crippen LogP contribution in [0.1, 0.15) is 23.2 Å². The van der Waals surface area contributed by atoms with E-state index in [9.17, 15) is 14.4 Å². The molecule has 1 aromatic heterocycles. The maximum absolute atomic E-state index is 13.1. The molecule has 36 heavy (non-hydrogen) atoms. The number of aromatic nitrogens is 1. The number of rotatable bonds is 7. The molecule has 9 heteroatoms. The molecular formula is C27H28N2O7. The van der Waals surface area contributed by atoms with Gasteiger partial charge in [0.1, 0.15) is 0 Å². The lowest BCUT2D eigenvalue weighted by Gasteiger charge is -2.30. The van der Waals surface area contributed by atoms with Gasteiger partial charge in [0.15, 0.2) is 18.1 Å². The third-order valence-electron chi connectivity index (χ3n) is 6.32. The summed E-state index contributed by atoms with van der Waals surface area (Å²) < 4.78 is 20.9. The molecule has 1 saturated heterocycles. The zero-order valence-electron chi connectivity index (χ0n) is 20.5. The number of fused-ring (bicyclic) bond motifs is 1. The summed E-state index contributed by atoms with van der Waals surface area (Å²) in [6, 6.07) is 14.3. The van der Waals surface area contributed by atoms with Crippen molar-refractivity contribution in [2.24, 2.45) is 5.92 Å². The first-order chi connectivity index (χ1) is 17.4. The molecule has 0 radical (unpaired) electrons. The fourth-order valence-corrected chi connectivity index (χ4v) is 4.32. The Labute approximate surface area is 208 Å². The van der Waals surface area contributed by atoms with Gasteiger partial charge in [-0.2, -0.15) is 0 Å². The Morgan fingerprint density at radius 1 is 0.944 bits per heavy atom. The number of amides is 1. The van der Waals surface area contributed by atoms with Gasteiger partial charge in [0.25, 0.3) is 5.91 Å².